The van der Waals surface area contributed by atoms with Crippen molar-refractivity contribution in [2.24, 2.45) is 0 Å². The third kappa shape index (κ3) is 3.25. The molecule has 22 heavy (non-hydrogen) atoms. The number of nitrogens with zero attached hydrogens (tertiary/aromatic N) is 3. The van der Waals surface area contributed by atoms with Gasteiger partial charge in [0.15, 0.2) is 0 Å². The fourth-order valence-electron chi connectivity index (χ4n) is 3.76. The molecular formula is C17H33N3O2. The Morgan fingerprint density at radius 1 is 1.18 bits per heavy atom. The van der Waals surface area contributed by atoms with E-state index in [2.05, 4.69) is 39.5 Å². The summed E-state index contributed by atoms with van der Waals surface area (Å²) in [7, 11) is 1.89. The van der Waals surface area contributed by atoms with E-state index in [4.69, 9.17) is 4.74 Å². The van der Waals surface area contributed by atoms with E-state index in [1.165, 1.54) is 0 Å². The topological polar surface area (TPSA) is 36.0 Å². The minimum absolute atomic E-state index is 0.0737. The van der Waals surface area contributed by atoms with Crippen LogP contribution in [0.2, 0.25) is 0 Å². The van der Waals surface area contributed by atoms with Gasteiger partial charge in [0.1, 0.15) is 0 Å². The molecule has 0 aromatic rings. The van der Waals surface area contributed by atoms with Crippen LogP contribution in [0.5, 0.6) is 0 Å². The molecule has 5 heteroatoms. The molecule has 2 rings (SSSR count). The molecule has 2 amide bonds. The smallest absolute Gasteiger partial charge is 0.319 e. The van der Waals surface area contributed by atoms with Gasteiger partial charge < -0.3 is 14.5 Å². The SMILES string of the molecule is CC(C)N(C)C(=O)N1CCC2(CC1)OCCN(C(C)C)C2C. The maximum atomic E-state index is 12.5. The minimum atomic E-state index is -0.0737. The van der Waals surface area contributed by atoms with Crippen LogP contribution in [-0.2, 0) is 4.74 Å². The van der Waals surface area contributed by atoms with Crippen molar-refractivity contribution in [1.29, 1.82) is 0 Å². The molecule has 1 unspecified atom stereocenters. The Balaban J connectivity index is 2.00. The average Bonchev–Trinajstić information content (AvgIpc) is 2.49. The number of piperidine rings is 1. The van der Waals surface area contributed by atoms with Crippen LogP contribution in [0.4, 0.5) is 4.79 Å². The van der Waals surface area contributed by atoms with Gasteiger partial charge in [-0.05, 0) is 47.5 Å². The second-order valence-corrected chi connectivity index (χ2v) is 7.40. The van der Waals surface area contributed by atoms with E-state index in [9.17, 15) is 4.79 Å². The van der Waals surface area contributed by atoms with Crippen LogP contribution in [0.3, 0.4) is 0 Å². The zero-order valence-corrected chi connectivity index (χ0v) is 15.1. The van der Waals surface area contributed by atoms with E-state index < -0.39 is 0 Å². The lowest BCUT2D eigenvalue weighted by molar-refractivity contribution is -0.169. The van der Waals surface area contributed by atoms with Crippen molar-refractivity contribution in [1.82, 2.24) is 14.7 Å². The number of hydrogen-bond acceptors (Lipinski definition) is 3. The summed E-state index contributed by atoms with van der Waals surface area (Å²) in [6.07, 6.45) is 1.88. The van der Waals surface area contributed by atoms with E-state index in [0.717, 1.165) is 39.1 Å². The second-order valence-electron chi connectivity index (χ2n) is 7.40. The number of amides is 2. The molecule has 1 spiro atoms. The average molecular weight is 311 g/mol. The van der Waals surface area contributed by atoms with Crippen LogP contribution in [0, 0.1) is 0 Å². The summed E-state index contributed by atoms with van der Waals surface area (Å²) in [6, 6.07) is 1.35. The maximum absolute atomic E-state index is 12.5. The molecule has 0 saturated carbocycles. The first kappa shape index (κ1) is 17.5. The molecule has 2 aliphatic rings. The Kier molecular flexibility index (Phi) is 5.38. The molecule has 128 valence electrons. The van der Waals surface area contributed by atoms with E-state index in [0.29, 0.717) is 12.1 Å². The summed E-state index contributed by atoms with van der Waals surface area (Å²) in [5.74, 6) is 0. The van der Waals surface area contributed by atoms with Crippen LogP contribution in [0.25, 0.3) is 0 Å². The van der Waals surface area contributed by atoms with E-state index in [1.807, 2.05) is 16.8 Å². The lowest BCUT2D eigenvalue weighted by Crippen LogP contribution is -2.64. The van der Waals surface area contributed by atoms with Crippen molar-refractivity contribution in [3.05, 3.63) is 0 Å². The Labute approximate surface area is 135 Å². The van der Waals surface area contributed by atoms with Crippen molar-refractivity contribution in [3.63, 3.8) is 0 Å². The van der Waals surface area contributed by atoms with Crippen LogP contribution in [0.15, 0.2) is 0 Å². The van der Waals surface area contributed by atoms with E-state index in [-0.39, 0.29) is 17.7 Å². The lowest BCUT2D eigenvalue weighted by Gasteiger charge is -2.53. The molecule has 2 saturated heterocycles. The highest BCUT2D eigenvalue weighted by atomic mass is 16.5. The molecule has 2 heterocycles. The quantitative estimate of drug-likeness (QED) is 0.786. The number of urea groups is 1. The summed E-state index contributed by atoms with van der Waals surface area (Å²) < 4.78 is 6.24. The molecular weight excluding hydrogens is 278 g/mol. The van der Waals surface area contributed by atoms with Crippen molar-refractivity contribution in [3.8, 4) is 0 Å². The van der Waals surface area contributed by atoms with Gasteiger partial charge in [-0.15, -0.1) is 0 Å². The van der Waals surface area contributed by atoms with Gasteiger partial charge in [0.05, 0.1) is 12.2 Å². The molecule has 1 atom stereocenters. The third-order valence-electron chi connectivity index (χ3n) is 5.62. The van der Waals surface area contributed by atoms with Gasteiger partial charge in [-0.2, -0.15) is 0 Å². The summed E-state index contributed by atoms with van der Waals surface area (Å²) in [5.41, 5.74) is -0.0737. The van der Waals surface area contributed by atoms with Gasteiger partial charge >= 0.3 is 6.03 Å². The van der Waals surface area contributed by atoms with Gasteiger partial charge in [-0.3, -0.25) is 4.90 Å². The number of carbonyl (C=O) groups excluding carboxylic acids is 1. The van der Waals surface area contributed by atoms with Crippen molar-refractivity contribution in [2.45, 2.75) is 71.2 Å². The van der Waals surface area contributed by atoms with Gasteiger partial charge in [0, 0.05) is 44.8 Å². The number of rotatable bonds is 2. The van der Waals surface area contributed by atoms with E-state index >= 15 is 0 Å². The molecule has 0 bridgehead atoms. The molecule has 2 aliphatic heterocycles. The number of likely N-dealkylation sites (tertiary alicyclic amines) is 1. The highest BCUT2D eigenvalue weighted by Crippen LogP contribution is 2.36. The number of ether oxygens (including phenoxy) is 1. The van der Waals surface area contributed by atoms with Crippen molar-refractivity contribution >= 4 is 6.03 Å². The summed E-state index contributed by atoms with van der Waals surface area (Å²) in [6.45, 7) is 14.3. The molecule has 2 fully saturated rings. The van der Waals surface area contributed by atoms with Gasteiger partial charge in [-0.25, -0.2) is 4.79 Å². The fourth-order valence-corrected chi connectivity index (χ4v) is 3.76. The van der Waals surface area contributed by atoms with Gasteiger partial charge in [0.25, 0.3) is 0 Å². The molecule has 0 aliphatic carbocycles. The molecule has 0 N–H and O–H groups in total. The van der Waals surface area contributed by atoms with Crippen LogP contribution in [-0.4, -0.2) is 77.7 Å². The Morgan fingerprint density at radius 2 is 1.77 bits per heavy atom. The highest BCUT2D eigenvalue weighted by Gasteiger charge is 2.46. The third-order valence-corrected chi connectivity index (χ3v) is 5.62. The first-order chi connectivity index (χ1) is 10.3. The number of carbonyl (C=O) groups is 1. The molecule has 5 nitrogen and oxygen atoms in total. The first-order valence-corrected chi connectivity index (χ1v) is 8.70. The monoisotopic (exact) mass is 311 g/mol. The van der Waals surface area contributed by atoms with E-state index in [1.54, 1.807) is 0 Å². The predicted octanol–water partition coefficient (Wildman–Crippen LogP) is 2.41. The number of hydrogen-bond donors (Lipinski definition) is 0. The predicted molar refractivity (Wildman–Crippen MR) is 89.1 cm³/mol. The zero-order chi connectivity index (χ0) is 16.5. The normalized spacial score (nSPS) is 26.0. The largest absolute Gasteiger partial charge is 0.372 e. The maximum Gasteiger partial charge on any atom is 0.319 e. The van der Waals surface area contributed by atoms with Crippen molar-refractivity contribution in [2.75, 3.05) is 33.3 Å². The second kappa shape index (κ2) is 6.75. The van der Waals surface area contributed by atoms with Gasteiger partial charge in [-0.1, -0.05) is 0 Å². The van der Waals surface area contributed by atoms with Gasteiger partial charge in [0.2, 0.25) is 0 Å². The Bertz CT molecular complexity index is 389. The summed E-state index contributed by atoms with van der Waals surface area (Å²) >= 11 is 0. The minimum Gasteiger partial charge on any atom is -0.372 e. The van der Waals surface area contributed by atoms with Crippen LogP contribution >= 0.6 is 0 Å². The van der Waals surface area contributed by atoms with Crippen LogP contribution < -0.4 is 0 Å². The highest BCUT2D eigenvalue weighted by molar-refractivity contribution is 5.74. The Hall–Kier alpha value is -0.810. The molecule has 0 aromatic carbocycles. The zero-order valence-electron chi connectivity index (χ0n) is 15.1. The summed E-state index contributed by atoms with van der Waals surface area (Å²) in [5, 5.41) is 0. The first-order valence-electron chi connectivity index (χ1n) is 8.70. The standard InChI is InChI=1S/C17H33N3O2/c1-13(2)18(6)16(21)19-9-7-17(8-10-19)15(5)20(14(3)4)11-12-22-17/h13-15H,7-12H2,1-6H3. The fraction of sp³-hybridized carbons (Fsp3) is 0.941. The Morgan fingerprint density at radius 3 is 2.27 bits per heavy atom. The summed E-state index contributed by atoms with van der Waals surface area (Å²) in [4.78, 5) is 18.8. The lowest BCUT2D eigenvalue weighted by atomic mass is 9.82. The molecule has 0 aromatic heterocycles. The number of morpholine rings is 1. The van der Waals surface area contributed by atoms with Crippen LogP contribution in [0.1, 0.15) is 47.5 Å². The van der Waals surface area contributed by atoms with Crippen molar-refractivity contribution < 1.29 is 9.53 Å². The molecule has 0 radical (unpaired) electrons.